The van der Waals surface area contributed by atoms with Gasteiger partial charge in [-0.3, -0.25) is 10.00 Å². The Labute approximate surface area is 254 Å². The molecule has 2 aromatic carbocycles. The molecule has 0 aliphatic carbocycles. The molecule has 4 aromatic rings. The third-order valence-corrected chi connectivity index (χ3v) is 10.9. The Morgan fingerprint density at radius 3 is 2.70 bits per heavy atom. The Balaban J connectivity index is 1.26. The topological polar surface area (TPSA) is 82.2 Å². The number of alkyl halides is 2. The Morgan fingerprint density at radius 1 is 1.09 bits per heavy atom. The van der Waals surface area contributed by atoms with E-state index < -0.39 is 12.0 Å². The molecule has 4 aliphatic heterocycles. The fraction of sp³-hybridized carbons (Fsp3) is 0.531. The molecule has 4 fully saturated rings. The van der Waals surface area contributed by atoms with E-state index in [1.807, 2.05) is 23.2 Å². The van der Waals surface area contributed by atoms with Crippen molar-refractivity contribution in [3.8, 4) is 17.1 Å². The predicted molar refractivity (Wildman–Crippen MR) is 164 cm³/mol. The van der Waals surface area contributed by atoms with Crippen LogP contribution in [0.5, 0.6) is 6.01 Å². The van der Waals surface area contributed by atoms with Crippen LogP contribution in [0.1, 0.15) is 49.7 Å². The standard InChI is InChI=1S/C32H36ClF2N7O/c1-18-11-26-23(14-36-40-26)27(19(18)2)21-13-25-22(12-24(21)33)28(41-15-20-5-8-32(16-41,39-20)29(34)35)38-30(37-25)43-17-31-6-3-9-42(31)10-4-7-31/h11-14,20,29,39H,3-10,15-17H2,1-2H3,(H,36,40). The number of fused-ring (bicyclic) bond motifs is 5. The quantitative estimate of drug-likeness (QED) is 0.277. The van der Waals surface area contributed by atoms with Crippen molar-refractivity contribution in [2.75, 3.05) is 37.7 Å². The lowest BCUT2D eigenvalue weighted by Crippen LogP contribution is -2.63. The largest absolute Gasteiger partial charge is 0.461 e. The first kappa shape index (κ1) is 27.5. The minimum absolute atomic E-state index is 0.0272. The van der Waals surface area contributed by atoms with E-state index in [9.17, 15) is 8.78 Å². The SMILES string of the molecule is Cc1cc2[nH]ncc2c(-c2cc3nc(OCC45CCCN4CCC5)nc(N4CC5CCC(C(F)F)(C4)N5)c3cc2Cl)c1C. The second kappa shape index (κ2) is 9.97. The van der Waals surface area contributed by atoms with Crippen LogP contribution in [-0.4, -0.2) is 81.4 Å². The molecule has 11 heteroatoms. The van der Waals surface area contributed by atoms with Gasteiger partial charge in [-0.1, -0.05) is 11.6 Å². The fourth-order valence-corrected chi connectivity index (χ4v) is 8.52. The molecule has 0 saturated carbocycles. The van der Waals surface area contributed by atoms with E-state index in [0.29, 0.717) is 42.4 Å². The highest BCUT2D eigenvalue weighted by Gasteiger charge is 2.51. The molecule has 2 aromatic heterocycles. The highest BCUT2D eigenvalue weighted by Crippen LogP contribution is 2.43. The molecule has 43 heavy (non-hydrogen) atoms. The highest BCUT2D eigenvalue weighted by atomic mass is 35.5. The summed E-state index contributed by atoms with van der Waals surface area (Å²) in [4.78, 5) is 14.4. The van der Waals surface area contributed by atoms with E-state index in [1.54, 1.807) is 0 Å². The molecule has 6 heterocycles. The van der Waals surface area contributed by atoms with Crippen molar-refractivity contribution in [1.29, 1.82) is 0 Å². The number of benzene rings is 2. The molecule has 0 radical (unpaired) electrons. The van der Waals surface area contributed by atoms with Crippen LogP contribution in [0.25, 0.3) is 32.9 Å². The average Bonchev–Trinajstić information content (AvgIpc) is 3.76. The van der Waals surface area contributed by atoms with Crippen LogP contribution in [0.4, 0.5) is 14.6 Å². The summed E-state index contributed by atoms with van der Waals surface area (Å²) in [6, 6.07) is 6.25. The molecule has 0 spiro atoms. The second-order valence-corrected chi connectivity index (χ2v) is 13.5. The number of aromatic amines is 1. The summed E-state index contributed by atoms with van der Waals surface area (Å²) in [7, 11) is 0. The number of aromatic nitrogens is 4. The van der Waals surface area contributed by atoms with Gasteiger partial charge in [0.25, 0.3) is 6.43 Å². The van der Waals surface area contributed by atoms with E-state index in [1.165, 1.54) is 12.8 Å². The molecule has 226 valence electrons. The third-order valence-electron chi connectivity index (χ3n) is 10.6. The zero-order valence-electron chi connectivity index (χ0n) is 24.5. The first-order valence-corrected chi connectivity index (χ1v) is 15.8. The molecule has 8 nitrogen and oxygen atoms in total. The molecule has 8 rings (SSSR count). The molecular formula is C32H36ClF2N7O. The maximum absolute atomic E-state index is 14.4. The van der Waals surface area contributed by atoms with Gasteiger partial charge in [0.05, 0.1) is 28.3 Å². The fourth-order valence-electron chi connectivity index (χ4n) is 8.26. The van der Waals surface area contributed by atoms with Crippen molar-refractivity contribution in [2.24, 2.45) is 0 Å². The van der Waals surface area contributed by atoms with Gasteiger partial charge in [0.2, 0.25) is 0 Å². The molecule has 2 bridgehead atoms. The van der Waals surface area contributed by atoms with Gasteiger partial charge in [-0.25, -0.2) is 8.78 Å². The molecule has 2 unspecified atom stereocenters. The lowest BCUT2D eigenvalue weighted by atomic mass is 9.93. The number of hydrogen-bond donors (Lipinski definition) is 2. The van der Waals surface area contributed by atoms with Crippen LogP contribution in [0.3, 0.4) is 0 Å². The van der Waals surface area contributed by atoms with Crippen LogP contribution >= 0.6 is 11.6 Å². The van der Waals surface area contributed by atoms with Crippen LogP contribution in [0, 0.1) is 13.8 Å². The zero-order chi connectivity index (χ0) is 29.5. The predicted octanol–water partition coefficient (Wildman–Crippen LogP) is 6.03. The average molecular weight is 608 g/mol. The van der Waals surface area contributed by atoms with Gasteiger partial charge in [0, 0.05) is 40.5 Å². The summed E-state index contributed by atoms with van der Waals surface area (Å²) in [5, 5.41) is 12.9. The maximum Gasteiger partial charge on any atom is 0.319 e. The third kappa shape index (κ3) is 4.31. The minimum atomic E-state index is -2.48. The Morgan fingerprint density at radius 2 is 1.91 bits per heavy atom. The van der Waals surface area contributed by atoms with E-state index in [4.69, 9.17) is 26.3 Å². The van der Waals surface area contributed by atoms with Crippen LogP contribution < -0.4 is 15.0 Å². The maximum atomic E-state index is 14.4. The summed E-state index contributed by atoms with van der Waals surface area (Å²) in [6.45, 7) is 7.64. The van der Waals surface area contributed by atoms with Gasteiger partial charge >= 0.3 is 6.01 Å². The number of nitrogens with one attached hydrogen (secondary N) is 2. The smallest absolute Gasteiger partial charge is 0.319 e. The van der Waals surface area contributed by atoms with E-state index in [0.717, 1.165) is 64.5 Å². The first-order valence-electron chi connectivity index (χ1n) is 15.4. The second-order valence-electron chi connectivity index (χ2n) is 13.1. The van der Waals surface area contributed by atoms with Gasteiger partial charge in [0.15, 0.2) is 0 Å². The highest BCUT2D eigenvalue weighted by molar-refractivity contribution is 6.35. The van der Waals surface area contributed by atoms with Crippen LogP contribution in [0.2, 0.25) is 5.02 Å². The summed E-state index contributed by atoms with van der Waals surface area (Å²) in [6.07, 6.45) is 5.06. The number of hydrogen-bond acceptors (Lipinski definition) is 7. The van der Waals surface area contributed by atoms with Gasteiger partial charge in [-0.2, -0.15) is 15.1 Å². The van der Waals surface area contributed by atoms with Crippen LogP contribution in [0.15, 0.2) is 24.4 Å². The molecule has 2 N–H and O–H groups in total. The number of piperazine rings is 1. The van der Waals surface area contributed by atoms with Crippen molar-refractivity contribution in [2.45, 2.75) is 75.9 Å². The van der Waals surface area contributed by atoms with Crippen LogP contribution in [-0.2, 0) is 0 Å². The summed E-state index contributed by atoms with van der Waals surface area (Å²) in [5.41, 5.74) is 4.49. The van der Waals surface area contributed by atoms with Gasteiger partial charge in [-0.15, -0.1) is 0 Å². The molecule has 4 aliphatic rings. The Kier molecular flexibility index (Phi) is 6.37. The number of halogens is 3. The van der Waals surface area contributed by atoms with Crippen molar-refractivity contribution >= 4 is 39.2 Å². The Bertz CT molecular complexity index is 1730. The molecule has 2 atom stereocenters. The summed E-state index contributed by atoms with van der Waals surface area (Å²) < 4.78 is 35.2. The molecular weight excluding hydrogens is 572 g/mol. The Hall–Kier alpha value is -3.08. The van der Waals surface area contributed by atoms with Crippen molar-refractivity contribution < 1.29 is 13.5 Å². The van der Waals surface area contributed by atoms with E-state index in [2.05, 4.69) is 40.3 Å². The minimum Gasteiger partial charge on any atom is -0.461 e. The number of rotatable bonds is 6. The molecule has 0 amide bonds. The monoisotopic (exact) mass is 607 g/mol. The number of H-pyrrole nitrogens is 1. The van der Waals surface area contributed by atoms with Crippen molar-refractivity contribution in [3.63, 3.8) is 0 Å². The number of nitrogens with zero attached hydrogens (tertiary/aromatic N) is 5. The first-order chi connectivity index (χ1) is 20.8. The van der Waals surface area contributed by atoms with E-state index >= 15 is 0 Å². The number of aryl methyl sites for hydroxylation is 1. The normalized spacial score (nSPS) is 25.0. The van der Waals surface area contributed by atoms with Crippen molar-refractivity contribution in [1.82, 2.24) is 30.4 Å². The van der Waals surface area contributed by atoms with Gasteiger partial charge in [0.1, 0.15) is 12.4 Å². The van der Waals surface area contributed by atoms with Gasteiger partial charge < -0.3 is 15.0 Å². The zero-order valence-corrected chi connectivity index (χ0v) is 25.3. The lowest BCUT2D eigenvalue weighted by molar-refractivity contribution is 0.0367. The van der Waals surface area contributed by atoms with Crippen molar-refractivity contribution in [3.05, 3.63) is 40.5 Å². The number of anilines is 1. The van der Waals surface area contributed by atoms with Gasteiger partial charge in [-0.05, 0) is 100 Å². The summed E-state index contributed by atoms with van der Waals surface area (Å²) >= 11 is 7.06. The lowest BCUT2D eigenvalue weighted by Gasteiger charge is -2.41. The number of ether oxygens (including phenoxy) is 1. The van der Waals surface area contributed by atoms with E-state index in [-0.39, 0.29) is 24.1 Å². The molecule has 4 saturated heterocycles. The summed E-state index contributed by atoms with van der Waals surface area (Å²) in [5.74, 6) is 0.605.